The van der Waals surface area contributed by atoms with Gasteiger partial charge in [0.2, 0.25) is 0 Å². The maximum atomic E-state index is 13.4. The van der Waals surface area contributed by atoms with Crippen LogP contribution in [-0.4, -0.2) is 22.6 Å². The Balaban J connectivity index is 1.83. The van der Waals surface area contributed by atoms with Gasteiger partial charge in [-0.15, -0.1) is 0 Å². The summed E-state index contributed by atoms with van der Waals surface area (Å²) in [6, 6.07) is 3.85. The van der Waals surface area contributed by atoms with Crippen LogP contribution in [-0.2, 0) is 4.79 Å². The number of Topliss-reactive ketones (excluding diaryl/α,β-unsaturated/α-hetero) is 1. The molecule has 0 bridgehead atoms. The number of urea groups is 1. The lowest BCUT2D eigenvalue weighted by atomic mass is 9.76. The molecule has 1 aliphatic carbocycles. The van der Waals surface area contributed by atoms with Crippen molar-refractivity contribution in [1.29, 1.82) is 0 Å². The van der Waals surface area contributed by atoms with Gasteiger partial charge in [0.15, 0.2) is 0 Å². The van der Waals surface area contributed by atoms with Gasteiger partial charge >= 0.3 is 6.03 Å². The fourth-order valence-corrected chi connectivity index (χ4v) is 4.63. The Morgan fingerprint density at radius 2 is 1.97 bits per heavy atom. The minimum absolute atomic E-state index is 0.0258. The van der Waals surface area contributed by atoms with Crippen molar-refractivity contribution in [2.24, 2.45) is 16.8 Å². The van der Waals surface area contributed by atoms with Crippen LogP contribution < -0.4 is 5.32 Å². The average molecular weight is 417 g/mol. The van der Waals surface area contributed by atoms with Gasteiger partial charge in [0, 0.05) is 12.1 Å². The molecule has 3 rings (SSSR count). The Hall–Kier alpha value is -2.14. The van der Waals surface area contributed by atoms with Crippen LogP contribution in [0.5, 0.6) is 5.75 Å². The fraction of sp³-hybridized carbons (Fsp3) is 0.522. The van der Waals surface area contributed by atoms with Crippen LogP contribution in [0.3, 0.4) is 0 Å². The molecular formula is C23H29ClN2O3. The smallest absolute Gasteiger partial charge is 0.341 e. The third kappa shape index (κ3) is 4.89. The quantitative estimate of drug-likeness (QED) is 0.598. The molecule has 0 spiro atoms. The molecule has 2 unspecified atom stereocenters. The number of hydrogen-bond donors (Lipinski definition) is 2. The van der Waals surface area contributed by atoms with E-state index in [9.17, 15) is 14.7 Å². The van der Waals surface area contributed by atoms with E-state index in [1.807, 2.05) is 6.92 Å². The second kappa shape index (κ2) is 9.12. The molecule has 2 aliphatic rings. The predicted molar refractivity (Wildman–Crippen MR) is 116 cm³/mol. The summed E-state index contributed by atoms with van der Waals surface area (Å²) in [5, 5.41) is 12.8. The highest BCUT2D eigenvalue weighted by Gasteiger charge is 2.38. The minimum Gasteiger partial charge on any atom is -0.506 e. The molecule has 5 nitrogen and oxygen atoms in total. The number of phenolic OH excluding ortho intramolecular Hbond substituents is 1. The lowest BCUT2D eigenvalue weighted by Crippen LogP contribution is -2.44. The van der Waals surface area contributed by atoms with Gasteiger partial charge in [-0.05, 0) is 69.6 Å². The van der Waals surface area contributed by atoms with Crippen LogP contribution >= 0.6 is 11.6 Å². The van der Waals surface area contributed by atoms with Crippen molar-refractivity contribution >= 4 is 29.1 Å². The topological polar surface area (TPSA) is 78.8 Å². The van der Waals surface area contributed by atoms with Crippen molar-refractivity contribution in [3.63, 3.8) is 0 Å². The van der Waals surface area contributed by atoms with E-state index in [2.05, 4.69) is 24.2 Å². The first kappa shape index (κ1) is 21.6. The fourth-order valence-electron chi connectivity index (χ4n) is 4.45. The molecule has 156 valence electrons. The van der Waals surface area contributed by atoms with Crippen LogP contribution in [0, 0.1) is 11.8 Å². The van der Waals surface area contributed by atoms with Crippen LogP contribution in [0.4, 0.5) is 4.79 Å². The molecular weight excluding hydrogens is 388 g/mol. The Morgan fingerprint density at radius 3 is 2.55 bits per heavy atom. The van der Waals surface area contributed by atoms with E-state index in [0.717, 1.165) is 25.7 Å². The van der Waals surface area contributed by atoms with Gasteiger partial charge in [-0.25, -0.2) is 9.79 Å². The lowest BCUT2D eigenvalue weighted by Gasteiger charge is -2.33. The van der Waals surface area contributed by atoms with Gasteiger partial charge in [0.1, 0.15) is 11.5 Å². The van der Waals surface area contributed by atoms with E-state index in [1.165, 1.54) is 17.2 Å². The number of carbonyl (C=O) groups is 2. The number of carbonyl (C=O) groups excluding carboxylic acids is 2. The number of benzene rings is 1. The number of allylic oxidation sites excluding steroid dienone is 2. The number of rotatable bonds is 5. The third-order valence-corrected chi connectivity index (χ3v) is 6.46. The molecule has 1 aliphatic heterocycles. The Morgan fingerprint density at radius 1 is 1.28 bits per heavy atom. The first-order valence-electron chi connectivity index (χ1n) is 10.3. The largest absolute Gasteiger partial charge is 0.506 e. The molecule has 29 heavy (non-hydrogen) atoms. The standard InChI is InChI=1S/C23H29ClN2O3/c1-4-18-21(20(28)11-14-5-7-15(8-6-14)13(2)3)22(26-23(29)25-18)16-9-10-19(27)17(24)12-16/h9-10,12,14,21-22,27H,4-8,11H2,1-3H3,(H,26,29). The number of phenols is 1. The number of ketones is 1. The SMILES string of the molecule is CCC1=NC(=O)NC(c2ccc(O)c(Cl)c2)C1C(=O)CC1CCC(=C(C)C)CC1. The maximum Gasteiger partial charge on any atom is 0.341 e. The van der Waals surface area contributed by atoms with E-state index in [1.54, 1.807) is 12.1 Å². The normalized spacial score (nSPS) is 24.7. The summed E-state index contributed by atoms with van der Waals surface area (Å²) in [5.74, 6) is -0.0407. The number of halogens is 1. The van der Waals surface area contributed by atoms with Gasteiger partial charge in [-0.3, -0.25) is 4.79 Å². The number of nitrogens with one attached hydrogen (secondary N) is 1. The van der Waals surface area contributed by atoms with Crippen molar-refractivity contribution in [3.05, 3.63) is 39.9 Å². The predicted octanol–water partition coefficient (Wildman–Crippen LogP) is 5.76. The third-order valence-electron chi connectivity index (χ3n) is 6.16. The molecule has 2 atom stereocenters. The first-order valence-corrected chi connectivity index (χ1v) is 10.7. The maximum absolute atomic E-state index is 13.4. The molecule has 1 aromatic rings. The van der Waals surface area contributed by atoms with Crippen molar-refractivity contribution in [2.45, 2.75) is 65.3 Å². The van der Waals surface area contributed by atoms with Crippen molar-refractivity contribution < 1.29 is 14.7 Å². The minimum atomic E-state index is -0.516. The van der Waals surface area contributed by atoms with Gasteiger partial charge < -0.3 is 10.4 Å². The zero-order valence-electron chi connectivity index (χ0n) is 17.3. The number of nitrogens with zero attached hydrogens (tertiary/aromatic N) is 1. The van der Waals surface area contributed by atoms with E-state index in [-0.39, 0.29) is 16.6 Å². The highest BCUT2D eigenvalue weighted by Crippen LogP contribution is 2.37. The molecule has 6 heteroatoms. The molecule has 1 saturated carbocycles. The Bertz CT molecular complexity index is 861. The van der Waals surface area contributed by atoms with Gasteiger partial charge in [0.25, 0.3) is 0 Å². The van der Waals surface area contributed by atoms with Gasteiger partial charge in [-0.1, -0.05) is 35.7 Å². The zero-order chi connectivity index (χ0) is 21.1. The second-order valence-electron chi connectivity index (χ2n) is 8.29. The van der Waals surface area contributed by atoms with Crippen molar-refractivity contribution in [1.82, 2.24) is 5.32 Å². The molecule has 0 aromatic heterocycles. The van der Waals surface area contributed by atoms with E-state index < -0.39 is 18.0 Å². The number of hydrogen-bond acceptors (Lipinski definition) is 3. The Kier molecular flexibility index (Phi) is 6.78. The van der Waals surface area contributed by atoms with Crippen LogP contribution in [0.25, 0.3) is 0 Å². The first-order chi connectivity index (χ1) is 13.8. The number of aliphatic imine (C=N–C) groups is 1. The molecule has 1 fully saturated rings. The number of amides is 2. The van der Waals surface area contributed by atoms with Crippen molar-refractivity contribution in [3.8, 4) is 5.75 Å². The van der Waals surface area contributed by atoms with Gasteiger partial charge in [0.05, 0.1) is 17.0 Å². The molecule has 2 N–H and O–H groups in total. The van der Waals surface area contributed by atoms with Crippen LogP contribution in [0.2, 0.25) is 5.02 Å². The van der Waals surface area contributed by atoms with E-state index in [0.29, 0.717) is 30.0 Å². The summed E-state index contributed by atoms with van der Waals surface area (Å²) < 4.78 is 0. The second-order valence-corrected chi connectivity index (χ2v) is 8.70. The summed E-state index contributed by atoms with van der Waals surface area (Å²) in [6.07, 6.45) is 5.22. The lowest BCUT2D eigenvalue weighted by molar-refractivity contribution is -0.122. The average Bonchev–Trinajstić information content (AvgIpc) is 2.69. The number of aromatic hydroxyl groups is 1. The van der Waals surface area contributed by atoms with Gasteiger partial charge in [-0.2, -0.15) is 0 Å². The van der Waals surface area contributed by atoms with Crippen LogP contribution in [0.15, 0.2) is 34.3 Å². The summed E-state index contributed by atoms with van der Waals surface area (Å²) in [7, 11) is 0. The molecule has 2 amide bonds. The summed E-state index contributed by atoms with van der Waals surface area (Å²) in [4.78, 5) is 29.6. The molecule has 1 aromatic carbocycles. The van der Waals surface area contributed by atoms with Crippen molar-refractivity contribution in [2.75, 3.05) is 0 Å². The van der Waals surface area contributed by atoms with E-state index >= 15 is 0 Å². The molecule has 0 radical (unpaired) electrons. The van der Waals surface area contributed by atoms with E-state index in [4.69, 9.17) is 11.6 Å². The summed E-state index contributed by atoms with van der Waals surface area (Å²) >= 11 is 6.08. The molecule has 0 saturated heterocycles. The molecule has 1 heterocycles. The Labute approximate surface area is 177 Å². The zero-order valence-corrected chi connectivity index (χ0v) is 18.1. The highest BCUT2D eigenvalue weighted by atomic mass is 35.5. The summed E-state index contributed by atoms with van der Waals surface area (Å²) in [5.41, 5.74) is 4.24. The highest BCUT2D eigenvalue weighted by molar-refractivity contribution is 6.32. The summed E-state index contributed by atoms with van der Waals surface area (Å²) in [6.45, 7) is 6.23. The monoisotopic (exact) mass is 416 g/mol. The van der Waals surface area contributed by atoms with Crippen LogP contribution in [0.1, 0.15) is 70.9 Å².